The molecular weight excluding hydrogens is 350 g/mol. The third kappa shape index (κ3) is 3.00. The molecule has 148 valence electrons. The first-order chi connectivity index (χ1) is 13.4. The Bertz CT molecular complexity index is 874. The smallest absolute Gasteiger partial charge is 0.253 e. The SMILES string of the molecule is COC[C@@]12CN(C(=O)c3ccc(-c4ccccc4OC)cc3)C[C@@H]1C(C)(C)C2. The number of hydrogen-bond acceptors (Lipinski definition) is 3. The molecule has 28 heavy (non-hydrogen) atoms. The van der Waals surface area contributed by atoms with E-state index >= 15 is 0 Å². The number of carbonyl (C=O) groups is 1. The van der Waals surface area contributed by atoms with Crippen molar-refractivity contribution in [3.8, 4) is 16.9 Å². The second-order valence-electron chi connectivity index (χ2n) is 8.98. The van der Waals surface area contributed by atoms with Crippen molar-refractivity contribution in [2.45, 2.75) is 20.3 Å². The topological polar surface area (TPSA) is 38.8 Å². The molecule has 2 fully saturated rings. The van der Waals surface area contributed by atoms with Crippen molar-refractivity contribution in [2.75, 3.05) is 33.9 Å². The van der Waals surface area contributed by atoms with Crippen molar-refractivity contribution in [3.63, 3.8) is 0 Å². The van der Waals surface area contributed by atoms with Gasteiger partial charge >= 0.3 is 0 Å². The van der Waals surface area contributed by atoms with E-state index in [4.69, 9.17) is 9.47 Å². The Labute approximate surface area is 167 Å². The minimum atomic E-state index is 0.118. The maximum absolute atomic E-state index is 13.2. The van der Waals surface area contributed by atoms with Crippen LogP contribution >= 0.6 is 0 Å². The van der Waals surface area contributed by atoms with Gasteiger partial charge in [-0.25, -0.2) is 0 Å². The minimum absolute atomic E-state index is 0.118. The van der Waals surface area contributed by atoms with Gasteiger partial charge in [0, 0.05) is 36.7 Å². The van der Waals surface area contributed by atoms with Gasteiger partial charge < -0.3 is 14.4 Å². The van der Waals surface area contributed by atoms with Crippen molar-refractivity contribution in [1.29, 1.82) is 0 Å². The zero-order chi connectivity index (χ0) is 19.9. The molecule has 1 aliphatic heterocycles. The Hall–Kier alpha value is -2.33. The number of likely N-dealkylation sites (tertiary alicyclic amines) is 1. The fraction of sp³-hybridized carbons (Fsp3) is 0.458. The van der Waals surface area contributed by atoms with Gasteiger partial charge in [-0.2, -0.15) is 0 Å². The van der Waals surface area contributed by atoms with Crippen LogP contribution in [-0.2, 0) is 4.74 Å². The predicted octanol–water partition coefficient (Wildman–Crippen LogP) is 4.50. The van der Waals surface area contributed by atoms with Crippen LogP contribution in [0.5, 0.6) is 5.75 Å². The average molecular weight is 380 g/mol. The summed E-state index contributed by atoms with van der Waals surface area (Å²) in [6, 6.07) is 15.8. The lowest BCUT2D eigenvalue weighted by molar-refractivity contribution is -0.107. The number of rotatable bonds is 5. The first-order valence-electron chi connectivity index (χ1n) is 9.92. The van der Waals surface area contributed by atoms with Gasteiger partial charge in [0.25, 0.3) is 5.91 Å². The monoisotopic (exact) mass is 379 g/mol. The zero-order valence-corrected chi connectivity index (χ0v) is 17.2. The lowest BCUT2D eigenvalue weighted by Gasteiger charge is -2.56. The van der Waals surface area contributed by atoms with Gasteiger partial charge in [0.05, 0.1) is 13.7 Å². The summed E-state index contributed by atoms with van der Waals surface area (Å²) in [5.41, 5.74) is 3.23. The molecule has 4 nitrogen and oxygen atoms in total. The summed E-state index contributed by atoms with van der Waals surface area (Å²) < 4.78 is 11.0. The number of nitrogens with zero attached hydrogens (tertiary/aromatic N) is 1. The Balaban J connectivity index is 1.53. The lowest BCUT2D eigenvalue weighted by Crippen LogP contribution is -2.55. The normalized spacial score (nSPS) is 25.1. The zero-order valence-electron chi connectivity index (χ0n) is 17.2. The quantitative estimate of drug-likeness (QED) is 0.768. The lowest BCUT2D eigenvalue weighted by atomic mass is 9.48. The number of hydrogen-bond donors (Lipinski definition) is 0. The number of amides is 1. The van der Waals surface area contributed by atoms with Crippen molar-refractivity contribution in [2.24, 2.45) is 16.7 Å². The van der Waals surface area contributed by atoms with Gasteiger partial charge in [-0.05, 0) is 41.5 Å². The first kappa shape index (κ1) is 19.0. The fourth-order valence-corrected chi connectivity index (χ4v) is 5.62. The van der Waals surface area contributed by atoms with Crippen LogP contribution in [0.15, 0.2) is 48.5 Å². The number of para-hydroxylation sites is 1. The highest BCUT2D eigenvalue weighted by Gasteiger charge is 2.63. The van der Waals surface area contributed by atoms with E-state index < -0.39 is 0 Å². The number of ether oxygens (including phenoxy) is 2. The Morgan fingerprint density at radius 3 is 2.46 bits per heavy atom. The highest BCUT2D eigenvalue weighted by Crippen LogP contribution is 2.62. The molecule has 2 aromatic rings. The number of fused-ring (bicyclic) bond motifs is 1. The third-order valence-electron chi connectivity index (χ3n) is 6.67. The summed E-state index contributed by atoms with van der Waals surface area (Å²) in [6.07, 6.45) is 1.12. The average Bonchev–Trinajstić information content (AvgIpc) is 3.02. The Morgan fingerprint density at radius 2 is 1.82 bits per heavy atom. The molecule has 0 bridgehead atoms. The molecule has 0 radical (unpaired) electrons. The van der Waals surface area contributed by atoms with E-state index in [2.05, 4.69) is 13.8 Å². The molecule has 2 aromatic carbocycles. The molecule has 4 heteroatoms. The Morgan fingerprint density at radius 1 is 1.11 bits per heavy atom. The van der Waals surface area contributed by atoms with Gasteiger partial charge in [0.15, 0.2) is 0 Å². The van der Waals surface area contributed by atoms with Crippen molar-refractivity contribution in [3.05, 3.63) is 54.1 Å². The van der Waals surface area contributed by atoms with Crippen LogP contribution in [0.3, 0.4) is 0 Å². The minimum Gasteiger partial charge on any atom is -0.496 e. The van der Waals surface area contributed by atoms with Crippen molar-refractivity contribution >= 4 is 5.91 Å². The Kier molecular flexibility index (Phi) is 4.70. The van der Waals surface area contributed by atoms with Gasteiger partial charge in [-0.15, -0.1) is 0 Å². The summed E-state index contributed by atoms with van der Waals surface area (Å²) in [7, 11) is 3.44. The molecule has 0 aromatic heterocycles. The van der Waals surface area contributed by atoms with Crippen LogP contribution in [0, 0.1) is 16.7 Å². The van der Waals surface area contributed by atoms with Gasteiger partial charge in [0.1, 0.15) is 5.75 Å². The van der Waals surface area contributed by atoms with E-state index in [9.17, 15) is 4.79 Å². The van der Waals surface area contributed by atoms with Crippen molar-refractivity contribution < 1.29 is 14.3 Å². The van der Waals surface area contributed by atoms with Crippen molar-refractivity contribution in [1.82, 2.24) is 4.90 Å². The molecule has 2 atom stereocenters. The maximum Gasteiger partial charge on any atom is 0.253 e. The predicted molar refractivity (Wildman–Crippen MR) is 111 cm³/mol. The standard InChI is InChI=1S/C24H29NO3/c1-23(2)14-24(16-27-3)15-25(13-21(23)24)22(26)18-11-9-17(10-12-18)19-7-5-6-8-20(19)28-4/h5-12,21H,13-16H2,1-4H3/t21-,24-/m1/s1. The second kappa shape index (κ2) is 6.93. The van der Waals surface area contributed by atoms with E-state index in [0.29, 0.717) is 5.92 Å². The van der Waals surface area contributed by atoms with Crippen LogP contribution in [0.25, 0.3) is 11.1 Å². The summed E-state index contributed by atoms with van der Waals surface area (Å²) in [6.45, 7) is 6.96. The molecule has 1 saturated heterocycles. The van der Waals surface area contributed by atoms with Crippen LogP contribution in [0.4, 0.5) is 0 Å². The van der Waals surface area contributed by atoms with E-state index in [1.54, 1.807) is 14.2 Å². The highest BCUT2D eigenvalue weighted by molar-refractivity contribution is 5.95. The molecule has 1 heterocycles. The molecule has 1 saturated carbocycles. The van der Waals surface area contributed by atoms with E-state index in [0.717, 1.165) is 48.6 Å². The number of benzene rings is 2. The van der Waals surface area contributed by atoms with Gasteiger partial charge in [-0.3, -0.25) is 4.79 Å². The van der Waals surface area contributed by atoms with Crippen LogP contribution < -0.4 is 4.74 Å². The largest absolute Gasteiger partial charge is 0.496 e. The summed E-state index contributed by atoms with van der Waals surface area (Å²) in [4.78, 5) is 15.2. The van der Waals surface area contributed by atoms with Gasteiger partial charge in [-0.1, -0.05) is 44.2 Å². The highest BCUT2D eigenvalue weighted by atomic mass is 16.5. The third-order valence-corrected chi connectivity index (χ3v) is 6.67. The first-order valence-corrected chi connectivity index (χ1v) is 9.92. The van der Waals surface area contributed by atoms with Crippen LogP contribution in [-0.4, -0.2) is 44.7 Å². The molecule has 4 rings (SSSR count). The molecule has 1 aliphatic carbocycles. The summed E-state index contributed by atoms with van der Waals surface area (Å²) in [5.74, 6) is 1.46. The molecule has 0 unspecified atom stereocenters. The van der Waals surface area contributed by atoms with E-state index in [1.807, 2.05) is 53.4 Å². The van der Waals surface area contributed by atoms with Gasteiger partial charge in [0.2, 0.25) is 0 Å². The molecule has 0 spiro atoms. The van der Waals surface area contributed by atoms with E-state index in [1.165, 1.54) is 0 Å². The number of methoxy groups -OCH3 is 2. The summed E-state index contributed by atoms with van der Waals surface area (Å²) >= 11 is 0. The summed E-state index contributed by atoms with van der Waals surface area (Å²) in [5, 5.41) is 0. The molecule has 0 N–H and O–H groups in total. The van der Waals surface area contributed by atoms with Crippen LogP contribution in [0.1, 0.15) is 30.6 Å². The molecule has 1 amide bonds. The second-order valence-corrected chi connectivity index (χ2v) is 8.98. The maximum atomic E-state index is 13.2. The molecule has 2 aliphatic rings. The number of carbonyl (C=O) groups excluding carboxylic acids is 1. The fourth-order valence-electron chi connectivity index (χ4n) is 5.62. The van der Waals surface area contributed by atoms with Crippen LogP contribution in [0.2, 0.25) is 0 Å². The molecular formula is C24H29NO3. The van der Waals surface area contributed by atoms with E-state index in [-0.39, 0.29) is 16.7 Å².